The predicted molar refractivity (Wildman–Crippen MR) is 106 cm³/mol. The number of rotatable bonds is 8. The molecule has 0 fully saturated rings. The third-order valence-corrected chi connectivity index (χ3v) is 5.46. The van der Waals surface area contributed by atoms with Crippen LogP contribution >= 0.6 is 15.9 Å². The maximum atomic E-state index is 12.5. The molecule has 12 heteroatoms. The van der Waals surface area contributed by atoms with Gasteiger partial charge in [-0.2, -0.15) is 21.6 Å². The van der Waals surface area contributed by atoms with E-state index in [0.29, 0.717) is 17.0 Å². The van der Waals surface area contributed by atoms with Crippen molar-refractivity contribution in [1.29, 1.82) is 0 Å². The zero-order chi connectivity index (χ0) is 22.5. The van der Waals surface area contributed by atoms with Gasteiger partial charge in [-0.25, -0.2) is 0 Å². The molecule has 0 heterocycles. The second-order valence-electron chi connectivity index (χ2n) is 5.88. The van der Waals surface area contributed by atoms with E-state index in [1.807, 2.05) is 0 Å². The van der Waals surface area contributed by atoms with Crippen molar-refractivity contribution in [2.24, 2.45) is 0 Å². The van der Waals surface area contributed by atoms with Crippen molar-refractivity contribution in [3.8, 4) is 11.5 Å². The highest BCUT2D eigenvalue weighted by Crippen LogP contribution is 2.35. The summed E-state index contributed by atoms with van der Waals surface area (Å²) in [6, 6.07) is 9.95. The minimum atomic E-state index is -5.82. The molecule has 2 aromatic rings. The summed E-state index contributed by atoms with van der Waals surface area (Å²) in [5.41, 5.74) is -4.45. The molecule has 164 valence electrons. The monoisotopic (exact) mass is 511 g/mol. The normalized spacial score (nSPS) is 12.7. The van der Waals surface area contributed by atoms with Crippen LogP contribution in [-0.2, 0) is 19.6 Å². The summed E-state index contributed by atoms with van der Waals surface area (Å²) in [5, 5.41) is 3.11. The summed E-state index contributed by atoms with van der Waals surface area (Å²) in [7, 11) is -3.08. The quantitative estimate of drug-likeness (QED) is 0.319. The molecule has 1 N–H and O–H groups in total. The number of esters is 1. The van der Waals surface area contributed by atoms with Crippen molar-refractivity contribution < 1.29 is 40.0 Å². The van der Waals surface area contributed by atoms with Crippen LogP contribution in [0.1, 0.15) is 18.0 Å². The van der Waals surface area contributed by atoms with Gasteiger partial charge in [0, 0.05) is 5.69 Å². The molecular weight excluding hydrogens is 495 g/mol. The van der Waals surface area contributed by atoms with Crippen molar-refractivity contribution in [3.63, 3.8) is 0 Å². The molecule has 0 bridgehead atoms. The summed E-state index contributed by atoms with van der Waals surface area (Å²) in [4.78, 5) is 11.8. The maximum absolute atomic E-state index is 12.5. The van der Waals surface area contributed by atoms with E-state index in [0.717, 1.165) is 6.07 Å². The smallest absolute Gasteiger partial charge is 0.497 e. The Morgan fingerprint density at radius 3 is 2.27 bits per heavy atom. The van der Waals surface area contributed by atoms with Crippen LogP contribution in [0.15, 0.2) is 46.9 Å². The van der Waals surface area contributed by atoms with Gasteiger partial charge in [-0.1, -0.05) is 6.07 Å². The number of nitrogens with one attached hydrogen (secondary N) is 1. The van der Waals surface area contributed by atoms with Crippen molar-refractivity contribution in [2.75, 3.05) is 19.5 Å². The molecular formula is C18H17BrF3NO6S. The lowest BCUT2D eigenvalue weighted by Gasteiger charge is -2.21. The van der Waals surface area contributed by atoms with Crippen molar-refractivity contribution in [2.45, 2.75) is 18.0 Å². The summed E-state index contributed by atoms with van der Waals surface area (Å²) in [5.74, 6) is -0.449. The van der Waals surface area contributed by atoms with Crippen LogP contribution in [0.4, 0.5) is 18.9 Å². The average Bonchev–Trinajstić information content (AvgIpc) is 2.68. The number of carbonyl (C=O) groups excluding carboxylic acids is 1. The van der Waals surface area contributed by atoms with Gasteiger partial charge in [0.05, 0.1) is 31.2 Å². The van der Waals surface area contributed by atoms with Crippen LogP contribution in [0, 0.1) is 0 Å². The Morgan fingerprint density at radius 2 is 1.77 bits per heavy atom. The van der Waals surface area contributed by atoms with Gasteiger partial charge in [0.1, 0.15) is 5.75 Å². The second kappa shape index (κ2) is 9.56. The largest absolute Gasteiger partial charge is 0.534 e. The summed E-state index contributed by atoms with van der Waals surface area (Å²) >= 11 is 3.01. The average molecular weight is 512 g/mol. The number of ether oxygens (including phenoxy) is 2. The number of hydrogen-bond acceptors (Lipinski definition) is 7. The van der Waals surface area contributed by atoms with Crippen LogP contribution < -0.4 is 14.2 Å². The Morgan fingerprint density at radius 1 is 1.13 bits per heavy atom. The summed E-state index contributed by atoms with van der Waals surface area (Å²) < 4.78 is 73.9. The van der Waals surface area contributed by atoms with Crippen LogP contribution in [0.5, 0.6) is 11.5 Å². The highest BCUT2D eigenvalue weighted by Gasteiger charge is 2.48. The first-order valence-electron chi connectivity index (χ1n) is 8.24. The molecule has 0 radical (unpaired) electrons. The van der Waals surface area contributed by atoms with Gasteiger partial charge >= 0.3 is 21.6 Å². The molecule has 1 unspecified atom stereocenters. The highest BCUT2D eigenvalue weighted by atomic mass is 79.9. The van der Waals surface area contributed by atoms with E-state index in [1.54, 1.807) is 24.3 Å². The van der Waals surface area contributed by atoms with E-state index in [1.165, 1.54) is 26.4 Å². The van der Waals surface area contributed by atoms with E-state index in [2.05, 4.69) is 25.4 Å². The van der Waals surface area contributed by atoms with Crippen LogP contribution in [-0.4, -0.2) is 34.1 Å². The van der Waals surface area contributed by atoms with E-state index in [9.17, 15) is 26.4 Å². The van der Waals surface area contributed by atoms with Crippen LogP contribution in [0.3, 0.4) is 0 Å². The fraction of sp³-hybridized carbons (Fsp3) is 0.278. The Kier molecular flexibility index (Phi) is 7.59. The molecule has 0 aliphatic carbocycles. The lowest BCUT2D eigenvalue weighted by atomic mass is 10.0. The van der Waals surface area contributed by atoms with E-state index >= 15 is 0 Å². The Hall–Kier alpha value is -2.47. The Labute approximate surface area is 179 Å². The zero-order valence-electron chi connectivity index (χ0n) is 15.7. The molecule has 0 aromatic heterocycles. The fourth-order valence-corrected chi connectivity index (χ4v) is 3.42. The summed E-state index contributed by atoms with van der Waals surface area (Å²) in [6.07, 6.45) is -0.101. The Balaban J connectivity index is 2.31. The lowest BCUT2D eigenvalue weighted by molar-refractivity contribution is -0.140. The highest BCUT2D eigenvalue weighted by molar-refractivity contribution is 9.10. The molecule has 0 aliphatic rings. The number of halogens is 4. The van der Waals surface area contributed by atoms with E-state index < -0.39 is 33.4 Å². The van der Waals surface area contributed by atoms with Crippen molar-refractivity contribution in [3.05, 3.63) is 52.5 Å². The molecule has 0 saturated carbocycles. The van der Waals surface area contributed by atoms with Gasteiger partial charge in [0.2, 0.25) is 0 Å². The van der Waals surface area contributed by atoms with Crippen LogP contribution in [0.25, 0.3) is 0 Å². The molecule has 0 aliphatic heterocycles. The van der Waals surface area contributed by atoms with Gasteiger partial charge in [-0.05, 0) is 57.9 Å². The van der Waals surface area contributed by atoms with Crippen LogP contribution in [0.2, 0.25) is 0 Å². The van der Waals surface area contributed by atoms with Crippen molar-refractivity contribution in [1.82, 2.24) is 0 Å². The van der Waals surface area contributed by atoms with Gasteiger partial charge in [-0.3, -0.25) is 4.79 Å². The first-order chi connectivity index (χ1) is 14.0. The van der Waals surface area contributed by atoms with Crippen molar-refractivity contribution >= 4 is 37.7 Å². The first kappa shape index (κ1) is 23.8. The number of anilines is 1. The number of alkyl halides is 3. The Bertz CT molecular complexity index is 996. The fourth-order valence-electron chi connectivity index (χ4n) is 2.36. The minimum Gasteiger partial charge on any atom is -0.497 e. The number of carbonyl (C=O) groups is 1. The third-order valence-electron chi connectivity index (χ3n) is 3.87. The SMILES string of the molecule is COC(=O)CC(Nc1ccc(OC)cc1)c1ccc(OS(=O)(=O)C(F)(F)F)c(Br)c1. The number of methoxy groups -OCH3 is 2. The van der Waals surface area contributed by atoms with Gasteiger partial charge in [0.15, 0.2) is 5.75 Å². The summed E-state index contributed by atoms with van der Waals surface area (Å²) in [6.45, 7) is 0. The minimum absolute atomic E-state index is 0.0424. The van der Waals surface area contributed by atoms with Gasteiger partial charge in [-0.15, -0.1) is 0 Å². The molecule has 2 rings (SSSR count). The molecule has 0 amide bonds. The first-order valence-corrected chi connectivity index (χ1v) is 10.4. The molecule has 2 aromatic carbocycles. The third kappa shape index (κ3) is 6.02. The molecule has 7 nitrogen and oxygen atoms in total. The molecule has 1 atom stereocenters. The standard InChI is InChI=1S/C18H17BrF3NO6S/c1-27-13-6-4-12(5-7-13)23-15(10-17(24)28-2)11-3-8-16(14(19)9-11)29-30(25,26)18(20,21)22/h3-9,15,23H,10H2,1-2H3. The zero-order valence-corrected chi connectivity index (χ0v) is 18.1. The van der Waals surface area contributed by atoms with Gasteiger partial charge < -0.3 is 19.0 Å². The molecule has 0 spiro atoms. The molecule has 30 heavy (non-hydrogen) atoms. The van der Waals surface area contributed by atoms with E-state index in [4.69, 9.17) is 9.47 Å². The lowest BCUT2D eigenvalue weighted by Crippen LogP contribution is -2.28. The van der Waals surface area contributed by atoms with Gasteiger partial charge in [0.25, 0.3) is 0 Å². The maximum Gasteiger partial charge on any atom is 0.534 e. The molecule has 0 saturated heterocycles. The number of benzene rings is 2. The second-order valence-corrected chi connectivity index (χ2v) is 8.27. The van der Waals surface area contributed by atoms with E-state index in [-0.39, 0.29) is 10.9 Å². The topological polar surface area (TPSA) is 90.9 Å². The predicted octanol–water partition coefficient (Wildman–Crippen LogP) is 4.40. The number of hydrogen-bond donors (Lipinski definition) is 1.